The van der Waals surface area contributed by atoms with Crippen molar-refractivity contribution in [1.82, 2.24) is 9.71 Å². The van der Waals surface area contributed by atoms with Crippen LogP contribution in [0.5, 0.6) is 0 Å². The van der Waals surface area contributed by atoms with Crippen molar-refractivity contribution in [2.24, 2.45) is 0 Å². The number of nitrogens with zero attached hydrogens (tertiary/aromatic N) is 2. The first kappa shape index (κ1) is 12.2. The number of benzene rings is 2. The van der Waals surface area contributed by atoms with Crippen molar-refractivity contribution in [3.63, 3.8) is 0 Å². The first-order valence-electron chi connectivity index (χ1n) is 6.06. The molecule has 0 N–H and O–H groups in total. The van der Waals surface area contributed by atoms with E-state index in [-0.39, 0.29) is 0 Å². The Morgan fingerprint density at radius 1 is 1.16 bits per heavy atom. The van der Waals surface area contributed by atoms with Crippen LogP contribution in [-0.4, -0.2) is 9.71 Å². The van der Waals surface area contributed by atoms with Crippen molar-refractivity contribution < 1.29 is 4.84 Å². The van der Waals surface area contributed by atoms with Gasteiger partial charge >= 0.3 is 0 Å². The van der Waals surface area contributed by atoms with Crippen LogP contribution in [0.1, 0.15) is 11.4 Å². The Bertz CT molecular complexity index is 707. The van der Waals surface area contributed by atoms with E-state index >= 15 is 0 Å². The summed E-state index contributed by atoms with van der Waals surface area (Å²) in [5.41, 5.74) is 3.05. The van der Waals surface area contributed by atoms with Crippen LogP contribution in [0.2, 0.25) is 0 Å². The van der Waals surface area contributed by atoms with Gasteiger partial charge in [-0.25, -0.2) is 4.98 Å². The molecule has 0 radical (unpaired) electrons. The van der Waals surface area contributed by atoms with Gasteiger partial charge in [0.15, 0.2) is 0 Å². The minimum atomic E-state index is 0.527. The fourth-order valence-corrected chi connectivity index (χ4v) is 2.37. The van der Waals surface area contributed by atoms with Crippen LogP contribution in [0.25, 0.3) is 11.0 Å². The van der Waals surface area contributed by atoms with Crippen molar-refractivity contribution >= 4 is 27.0 Å². The van der Waals surface area contributed by atoms with E-state index in [4.69, 9.17) is 4.84 Å². The maximum Gasteiger partial charge on any atom is 0.143 e. The van der Waals surface area contributed by atoms with Gasteiger partial charge in [0.25, 0.3) is 0 Å². The van der Waals surface area contributed by atoms with Gasteiger partial charge in [-0.2, -0.15) is 4.73 Å². The summed E-state index contributed by atoms with van der Waals surface area (Å²) in [6, 6.07) is 16.1. The zero-order chi connectivity index (χ0) is 13.2. The summed E-state index contributed by atoms with van der Waals surface area (Å²) in [5, 5.41) is 0. The number of hydrogen-bond acceptors (Lipinski definition) is 2. The Morgan fingerprint density at radius 3 is 2.74 bits per heavy atom. The van der Waals surface area contributed by atoms with Crippen LogP contribution in [0, 0.1) is 6.92 Å². The molecule has 0 saturated heterocycles. The lowest BCUT2D eigenvalue weighted by atomic mass is 10.2. The molecule has 0 bridgehead atoms. The molecular formula is C15H13BrN2O. The first-order chi connectivity index (χ1) is 9.24. The van der Waals surface area contributed by atoms with Crippen molar-refractivity contribution in [2.45, 2.75) is 13.5 Å². The van der Waals surface area contributed by atoms with Gasteiger partial charge in [0, 0.05) is 4.47 Å². The van der Waals surface area contributed by atoms with Crippen molar-refractivity contribution in [2.75, 3.05) is 0 Å². The topological polar surface area (TPSA) is 27.1 Å². The maximum atomic E-state index is 5.86. The molecule has 0 amide bonds. The monoisotopic (exact) mass is 316 g/mol. The lowest BCUT2D eigenvalue weighted by Crippen LogP contribution is -2.12. The zero-order valence-electron chi connectivity index (χ0n) is 10.5. The number of aryl methyl sites for hydroxylation is 1. The molecule has 3 nitrogen and oxygen atoms in total. The van der Waals surface area contributed by atoms with Gasteiger partial charge in [-0.3, -0.25) is 0 Å². The van der Waals surface area contributed by atoms with E-state index in [0.29, 0.717) is 6.61 Å². The normalized spacial score (nSPS) is 10.8. The van der Waals surface area contributed by atoms with E-state index in [1.807, 2.05) is 55.5 Å². The summed E-state index contributed by atoms with van der Waals surface area (Å²) in [5.74, 6) is 0.851. The quantitative estimate of drug-likeness (QED) is 0.736. The highest BCUT2D eigenvalue weighted by Crippen LogP contribution is 2.20. The molecule has 0 unspecified atom stereocenters. The second-order valence-corrected chi connectivity index (χ2v) is 5.26. The summed E-state index contributed by atoms with van der Waals surface area (Å²) in [6.45, 7) is 2.47. The molecule has 0 spiro atoms. The van der Waals surface area contributed by atoms with Crippen LogP contribution in [0.3, 0.4) is 0 Å². The minimum Gasteiger partial charge on any atom is -0.407 e. The standard InChI is InChI=1S/C15H13BrN2O/c1-11-17-14-8-7-13(16)9-15(14)18(11)19-10-12-5-3-2-4-6-12/h2-9H,10H2,1H3. The van der Waals surface area contributed by atoms with Gasteiger partial charge in [-0.1, -0.05) is 46.3 Å². The van der Waals surface area contributed by atoms with Gasteiger partial charge in [-0.05, 0) is 30.7 Å². The van der Waals surface area contributed by atoms with E-state index in [1.54, 1.807) is 4.73 Å². The molecule has 3 aromatic rings. The Morgan fingerprint density at radius 2 is 1.95 bits per heavy atom. The van der Waals surface area contributed by atoms with E-state index in [1.165, 1.54) is 0 Å². The number of rotatable bonds is 3. The summed E-state index contributed by atoms with van der Waals surface area (Å²) in [4.78, 5) is 10.3. The molecule has 2 aromatic carbocycles. The minimum absolute atomic E-state index is 0.527. The van der Waals surface area contributed by atoms with Crippen LogP contribution in [-0.2, 0) is 6.61 Å². The lowest BCUT2D eigenvalue weighted by Gasteiger charge is -2.09. The predicted octanol–water partition coefficient (Wildman–Crippen LogP) is 3.74. The molecule has 1 aromatic heterocycles. The van der Waals surface area contributed by atoms with Crippen LogP contribution in [0.15, 0.2) is 53.0 Å². The summed E-state index contributed by atoms with van der Waals surface area (Å²) in [7, 11) is 0. The number of fused-ring (bicyclic) bond motifs is 1. The van der Waals surface area contributed by atoms with E-state index in [2.05, 4.69) is 20.9 Å². The van der Waals surface area contributed by atoms with Crippen LogP contribution >= 0.6 is 15.9 Å². The maximum absolute atomic E-state index is 5.86. The van der Waals surface area contributed by atoms with E-state index < -0.39 is 0 Å². The molecule has 96 valence electrons. The Labute approximate surface area is 119 Å². The first-order valence-corrected chi connectivity index (χ1v) is 6.85. The molecule has 0 aliphatic carbocycles. The molecular weight excluding hydrogens is 304 g/mol. The van der Waals surface area contributed by atoms with Crippen molar-refractivity contribution in [3.8, 4) is 0 Å². The SMILES string of the molecule is Cc1nc2ccc(Br)cc2n1OCc1ccccc1. The molecule has 0 saturated carbocycles. The highest BCUT2D eigenvalue weighted by atomic mass is 79.9. The smallest absolute Gasteiger partial charge is 0.143 e. The summed E-state index contributed by atoms with van der Waals surface area (Å²) < 4.78 is 2.80. The number of aromatic nitrogens is 2. The number of hydrogen-bond donors (Lipinski definition) is 0. The molecule has 1 heterocycles. The van der Waals surface area contributed by atoms with Crippen LogP contribution < -0.4 is 4.84 Å². The third-order valence-electron chi connectivity index (χ3n) is 2.94. The Balaban J connectivity index is 1.92. The molecule has 3 rings (SSSR count). The fraction of sp³-hybridized carbons (Fsp3) is 0.133. The molecule has 0 aliphatic rings. The van der Waals surface area contributed by atoms with Gasteiger partial charge < -0.3 is 4.84 Å². The molecule has 4 heteroatoms. The van der Waals surface area contributed by atoms with Crippen molar-refractivity contribution in [3.05, 3.63) is 64.4 Å². The summed E-state index contributed by atoms with van der Waals surface area (Å²) >= 11 is 3.48. The average molecular weight is 317 g/mol. The Kier molecular flexibility index (Phi) is 3.25. The fourth-order valence-electron chi connectivity index (χ4n) is 2.02. The second-order valence-electron chi connectivity index (χ2n) is 4.35. The third kappa shape index (κ3) is 2.49. The molecule has 19 heavy (non-hydrogen) atoms. The summed E-state index contributed by atoms with van der Waals surface area (Å²) in [6.07, 6.45) is 0. The molecule has 0 aliphatic heterocycles. The Hall–Kier alpha value is -1.81. The van der Waals surface area contributed by atoms with Crippen LogP contribution in [0.4, 0.5) is 0 Å². The van der Waals surface area contributed by atoms with Gasteiger partial charge in [0.2, 0.25) is 0 Å². The molecule has 0 atom stereocenters. The largest absolute Gasteiger partial charge is 0.407 e. The number of imidazole rings is 1. The average Bonchev–Trinajstić information content (AvgIpc) is 2.73. The van der Waals surface area contributed by atoms with E-state index in [0.717, 1.165) is 26.9 Å². The zero-order valence-corrected chi connectivity index (χ0v) is 12.1. The third-order valence-corrected chi connectivity index (χ3v) is 3.43. The van der Waals surface area contributed by atoms with E-state index in [9.17, 15) is 0 Å². The second kappa shape index (κ2) is 5.05. The van der Waals surface area contributed by atoms with Crippen molar-refractivity contribution in [1.29, 1.82) is 0 Å². The predicted molar refractivity (Wildman–Crippen MR) is 78.9 cm³/mol. The highest BCUT2D eigenvalue weighted by Gasteiger charge is 2.08. The van der Waals surface area contributed by atoms with Gasteiger partial charge in [0.1, 0.15) is 17.9 Å². The molecule has 0 fully saturated rings. The van der Waals surface area contributed by atoms with Gasteiger partial charge in [0.05, 0.1) is 5.52 Å². The highest BCUT2D eigenvalue weighted by molar-refractivity contribution is 9.10. The number of halogens is 1. The lowest BCUT2D eigenvalue weighted by molar-refractivity contribution is 0.101. The van der Waals surface area contributed by atoms with Gasteiger partial charge in [-0.15, -0.1) is 0 Å².